The number of aromatic nitrogens is 1. The summed E-state index contributed by atoms with van der Waals surface area (Å²) in [5, 5.41) is 4.61. The van der Waals surface area contributed by atoms with Crippen molar-refractivity contribution in [1.29, 1.82) is 0 Å². The van der Waals surface area contributed by atoms with E-state index in [0.717, 1.165) is 0 Å². The zero-order chi connectivity index (χ0) is 25.0. The van der Waals surface area contributed by atoms with E-state index in [1.807, 2.05) is 0 Å². The number of carbonyl (C=O) groups excluding carboxylic acids is 2. The summed E-state index contributed by atoms with van der Waals surface area (Å²) < 4.78 is 37.9. The van der Waals surface area contributed by atoms with Gasteiger partial charge in [-0.1, -0.05) is 0 Å². The van der Waals surface area contributed by atoms with E-state index < -0.39 is 15.9 Å². The maximum atomic E-state index is 12.9. The van der Waals surface area contributed by atoms with Crippen LogP contribution < -0.4 is 24.4 Å². The molecule has 2 heterocycles. The summed E-state index contributed by atoms with van der Waals surface area (Å²) in [4.78, 5) is 32.4. The summed E-state index contributed by atoms with van der Waals surface area (Å²) in [5.41, 5.74) is 0.962. The van der Waals surface area contributed by atoms with E-state index in [0.29, 0.717) is 36.0 Å². The second-order valence-corrected chi connectivity index (χ2v) is 9.99. The number of nitrogens with zero attached hydrogens (tertiary/aromatic N) is 3. The lowest BCUT2D eigenvalue weighted by Crippen LogP contribution is -2.37. The van der Waals surface area contributed by atoms with Crippen LogP contribution in [-0.4, -0.2) is 64.1 Å². The summed E-state index contributed by atoms with van der Waals surface area (Å²) in [5.74, 6) is 0.691. The molecule has 2 N–H and O–H groups in total. The number of amides is 3. The zero-order valence-electron chi connectivity index (χ0n) is 18.9. The van der Waals surface area contributed by atoms with Crippen molar-refractivity contribution in [2.24, 2.45) is 0 Å². The zero-order valence-corrected chi connectivity index (χ0v) is 20.6. The molecule has 13 heteroatoms. The molecule has 1 fully saturated rings. The van der Waals surface area contributed by atoms with Crippen LogP contribution in [-0.2, 0) is 14.8 Å². The second kappa shape index (κ2) is 10.2. The minimum atomic E-state index is -3.79. The van der Waals surface area contributed by atoms with Crippen molar-refractivity contribution in [2.75, 3.05) is 48.8 Å². The first-order valence-electron chi connectivity index (χ1n) is 10.4. The number of rotatable bonds is 9. The summed E-state index contributed by atoms with van der Waals surface area (Å²) in [7, 11) is -0.738. The molecular weight excluding hydrogens is 494 g/mol. The maximum absolute atomic E-state index is 12.9. The summed E-state index contributed by atoms with van der Waals surface area (Å²) in [6, 6.07) is 10.5. The van der Waals surface area contributed by atoms with Gasteiger partial charge in [-0.15, -0.1) is 11.3 Å². The van der Waals surface area contributed by atoms with E-state index in [1.165, 1.54) is 65.8 Å². The number of anilines is 3. The quantitative estimate of drug-likeness (QED) is 0.446. The van der Waals surface area contributed by atoms with Crippen molar-refractivity contribution in [1.82, 2.24) is 9.88 Å². The number of methoxy groups -OCH3 is 2. The molecule has 0 spiro atoms. The highest BCUT2D eigenvalue weighted by Crippen LogP contribution is 2.34. The van der Waals surface area contributed by atoms with Crippen LogP contribution in [0.15, 0.2) is 58.9 Å². The number of thiazole rings is 1. The van der Waals surface area contributed by atoms with Gasteiger partial charge in [0.15, 0.2) is 5.13 Å². The first kappa shape index (κ1) is 24.3. The van der Waals surface area contributed by atoms with Crippen molar-refractivity contribution in [2.45, 2.75) is 4.90 Å². The molecule has 3 aromatic rings. The minimum Gasteiger partial charge on any atom is -0.497 e. The Hall–Kier alpha value is -3.84. The molecule has 2 aromatic carbocycles. The van der Waals surface area contributed by atoms with E-state index in [-0.39, 0.29) is 22.6 Å². The van der Waals surface area contributed by atoms with Gasteiger partial charge in [0.2, 0.25) is 5.91 Å². The topological polar surface area (TPSA) is 130 Å². The Labute approximate surface area is 206 Å². The minimum absolute atomic E-state index is 0.0308. The van der Waals surface area contributed by atoms with Crippen LogP contribution in [0.4, 0.5) is 21.3 Å². The largest absolute Gasteiger partial charge is 0.497 e. The predicted octanol–water partition coefficient (Wildman–Crippen LogP) is 2.84. The van der Waals surface area contributed by atoms with Crippen LogP contribution in [0.1, 0.15) is 0 Å². The summed E-state index contributed by atoms with van der Waals surface area (Å²) in [6.07, 6.45) is 1.50. The third-order valence-electron chi connectivity index (χ3n) is 5.21. The third-order valence-corrected chi connectivity index (χ3v) is 7.38. The molecule has 1 aromatic heterocycles. The second-order valence-electron chi connectivity index (χ2n) is 7.41. The number of nitrogens with one attached hydrogen (secondary N) is 2. The number of ether oxygens (including phenoxy) is 2. The molecular formula is C22H23N5O6S2. The van der Waals surface area contributed by atoms with Crippen LogP contribution in [0, 0.1) is 0 Å². The van der Waals surface area contributed by atoms with Gasteiger partial charge >= 0.3 is 6.03 Å². The van der Waals surface area contributed by atoms with Gasteiger partial charge in [-0.2, -0.15) is 0 Å². The highest BCUT2D eigenvalue weighted by molar-refractivity contribution is 7.93. The molecule has 1 aliphatic rings. The molecule has 0 radical (unpaired) electrons. The summed E-state index contributed by atoms with van der Waals surface area (Å²) >= 11 is 1.17. The average molecular weight is 518 g/mol. The Kier molecular flexibility index (Phi) is 7.07. The fourth-order valence-corrected chi connectivity index (χ4v) is 5.29. The molecule has 35 heavy (non-hydrogen) atoms. The Morgan fingerprint density at radius 2 is 1.89 bits per heavy atom. The molecule has 0 unspecified atom stereocenters. The monoisotopic (exact) mass is 517 g/mol. The van der Waals surface area contributed by atoms with Crippen molar-refractivity contribution in [3.63, 3.8) is 0 Å². The molecule has 1 aliphatic heterocycles. The molecule has 11 nitrogen and oxygen atoms in total. The van der Waals surface area contributed by atoms with E-state index >= 15 is 0 Å². The fraction of sp³-hybridized carbons (Fsp3) is 0.227. The predicted molar refractivity (Wildman–Crippen MR) is 132 cm³/mol. The highest BCUT2D eigenvalue weighted by atomic mass is 32.2. The van der Waals surface area contributed by atoms with Crippen molar-refractivity contribution < 1.29 is 27.5 Å². The van der Waals surface area contributed by atoms with Crippen molar-refractivity contribution in [3.8, 4) is 11.5 Å². The van der Waals surface area contributed by atoms with Gasteiger partial charge in [0.1, 0.15) is 18.0 Å². The van der Waals surface area contributed by atoms with E-state index in [4.69, 9.17) is 9.47 Å². The van der Waals surface area contributed by atoms with Gasteiger partial charge in [0.05, 0.1) is 24.8 Å². The molecule has 0 aliphatic carbocycles. The van der Waals surface area contributed by atoms with Gasteiger partial charge in [-0.05, 0) is 36.4 Å². The lowest BCUT2D eigenvalue weighted by atomic mass is 10.2. The third kappa shape index (κ3) is 5.46. The van der Waals surface area contributed by atoms with E-state index in [1.54, 1.807) is 23.6 Å². The number of hydrogen-bond donors (Lipinski definition) is 2. The first-order chi connectivity index (χ1) is 16.8. The molecule has 1 saturated heterocycles. The Morgan fingerprint density at radius 1 is 1.11 bits per heavy atom. The number of urea groups is 1. The molecule has 4 rings (SSSR count). The fourth-order valence-electron chi connectivity index (χ4n) is 3.50. The van der Waals surface area contributed by atoms with Crippen LogP contribution in [0.2, 0.25) is 0 Å². The lowest BCUT2D eigenvalue weighted by molar-refractivity contribution is -0.116. The molecule has 3 amide bonds. The van der Waals surface area contributed by atoms with Crippen LogP contribution in [0.25, 0.3) is 0 Å². The average Bonchev–Trinajstić information content (AvgIpc) is 3.48. The summed E-state index contributed by atoms with van der Waals surface area (Å²) in [6.45, 7) is 0.577. The Balaban J connectivity index is 1.37. The molecule has 184 valence electrons. The van der Waals surface area contributed by atoms with Gasteiger partial charge in [0.25, 0.3) is 10.0 Å². The van der Waals surface area contributed by atoms with Gasteiger partial charge in [0, 0.05) is 36.4 Å². The normalized spacial score (nSPS) is 13.6. The maximum Gasteiger partial charge on any atom is 0.325 e. The van der Waals surface area contributed by atoms with Crippen LogP contribution >= 0.6 is 11.3 Å². The lowest BCUT2D eigenvalue weighted by Gasteiger charge is -2.21. The van der Waals surface area contributed by atoms with Crippen molar-refractivity contribution in [3.05, 3.63) is 54.0 Å². The molecule has 0 bridgehead atoms. The number of benzene rings is 2. The van der Waals surface area contributed by atoms with E-state index in [9.17, 15) is 18.0 Å². The molecule has 0 atom stereocenters. The van der Waals surface area contributed by atoms with Gasteiger partial charge in [-0.25, -0.2) is 18.2 Å². The number of carbonyl (C=O) groups is 2. The number of hydrogen-bond acceptors (Lipinski definition) is 8. The first-order valence-corrected chi connectivity index (χ1v) is 12.8. The van der Waals surface area contributed by atoms with E-state index in [2.05, 4.69) is 15.0 Å². The standard InChI is InChI=1S/C22H23N5O6S2/c1-32-16-5-8-19(33-2)18(13-16)27-11-10-26(22(27)29)14-20(28)24-15-3-6-17(7-4-15)35(30,31)25-21-23-9-12-34-21/h3-9,12-13H,10-11,14H2,1-2H3,(H,23,25)(H,24,28). The Morgan fingerprint density at radius 3 is 2.54 bits per heavy atom. The highest BCUT2D eigenvalue weighted by Gasteiger charge is 2.32. The SMILES string of the molecule is COc1ccc(OC)c(N2CCN(CC(=O)Nc3ccc(S(=O)(=O)Nc4nccs4)cc3)C2=O)c1. The van der Waals surface area contributed by atoms with Gasteiger partial charge in [-0.3, -0.25) is 14.4 Å². The molecule has 0 saturated carbocycles. The van der Waals surface area contributed by atoms with Crippen molar-refractivity contribution >= 4 is 49.8 Å². The Bertz CT molecular complexity index is 1310. The van der Waals surface area contributed by atoms with Crippen LogP contribution in [0.3, 0.4) is 0 Å². The number of sulfonamides is 1. The van der Waals surface area contributed by atoms with Crippen LogP contribution in [0.5, 0.6) is 11.5 Å². The van der Waals surface area contributed by atoms with Gasteiger partial charge < -0.3 is 19.7 Å². The smallest absolute Gasteiger partial charge is 0.325 e.